The van der Waals surface area contributed by atoms with Gasteiger partial charge in [-0.15, -0.1) is 0 Å². The average molecular weight is 497 g/mol. The largest absolute Gasteiger partial charge is 0.355 e. The Bertz CT molecular complexity index is 1350. The van der Waals surface area contributed by atoms with Gasteiger partial charge in [0.15, 0.2) is 0 Å². The van der Waals surface area contributed by atoms with E-state index < -0.39 is 5.41 Å². The number of halogens is 1. The van der Waals surface area contributed by atoms with Crippen molar-refractivity contribution in [1.82, 2.24) is 5.32 Å². The molecule has 0 radical (unpaired) electrons. The van der Waals surface area contributed by atoms with Crippen LogP contribution in [0.1, 0.15) is 49.3 Å². The molecule has 1 aliphatic heterocycles. The van der Waals surface area contributed by atoms with E-state index in [9.17, 15) is 14.0 Å². The van der Waals surface area contributed by atoms with Gasteiger partial charge in [-0.1, -0.05) is 36.8 Å². The molecule has 2 aliphatic carbocycles. The molecule has 1 spiro atoms. The number of anilines is 3. The van der Waals surface area contributed by atoms with Crippen LogP contribution in [0.15, 0.2) is 72.8 Å². The summed E-state index contributed by atoms with van der Waals surface area (Å²) in [4.78, 5) is 28.9. The Morgan fingerprint density at radius 1 is 1.03 bits per heavy atom. The number of rotatable bonds is 7. The fourth-order valence-electron chi connectivity index (χ4n) is 5.76. The lowest BCUT2D eigenvalue weighted by Crippen LogP contribution is -2.53. The molecule has 7 heteroatoms. The number of hydrogen-bond donors (Lipinski definition) is 3. The third-order valence-corrected chi connectivity index (χ3v) is 8.06. The number of nitrogens with zero attached hydrogens (tertiary/aromatic N) is 1. The number of nitrogens with one attached hydrogen (secondary N) is 3. The fraction of sp³-hybridized carbons (Fsp3) is 0.300. The zero-order chi connectivity index (χ0) is 25.6. The molecule has 3 N–H and O–H groups in total. The van der Waals surface area contributed by atoms with Crippen LogP contribution in [0.4, 0.5) is 21.5 Å². The van der Waals surface area contributed by atoms with Gasteiger partial charge in [0, 0.05) is 34.8 Å². The van der Waals surface area contributed by atoms with E-state index >= 15 is 0 Å². The smallest absolute Gasteiger partial charge is 0.236 e. The molecule has 1 saturated heterocycles. The van der Waals surface area contributed by atoms with Gasteiger partial charge in [0.1, 0.15) is 5.82 Å². The molecule has 37 heavy (non-hydrogen) atoms. The molecule has 0 unspecified atom stereocenters. The maximum Gasteiger partial charge on any atom is 0.236 e. The second-order valence-corrected chi connectivity index (χ2v) is 10.3. The molecule has 188 valence electrons. The highest BCUT2D eigenvalue weighted by Crippen LogP contribution is 2.57. The first-order valence-corrected chi connectivity index (χ1v) is 12.9. The minimum absolute atomic E-state index is 0.0314. The summed E-state index contributed by atoms with van der Waals surface area (Å²) < 4.78 is 13.3. The van der Waals surface area contributed by atoms with Crippen LogP contribution in [0.2, 0.25) is 0 Å². The van der Waals surface area contributed by atoms with E-state index in [1.54, 1.807) is 12.1 Å². The van der Waals surface area contributed by atoms with Gasteiger partial charge in [-0.3, -0.25) is 9.59 Å². The molecule has 2 amide bonds. The topological polar surface area (TPSA) is 85.3 Å². The van der Waals surface area contributed by atoms with Gasteiger partial charge in [-0.05, 0) is 73.7 Å². The van der Waals surface area contributed by atoms with Crippen molar-refractivity contribution in [2.75, 3.05) is 10.2 Å². The average Bonchev–Trinajstić information content (AvgIpc) is 3.70. The second kappa shape index (κ2) is 9.14. The third-order valence-electron chi connectivity index (χ3n) is 8.06. The molecule has 0 bridgehead atoms. The van der Waals surface area contributed by atoms with Crippen LogP contribution in [0.3, 0.4) is 0 Å². The van der Waals surface area contributed by atoms with Gasteiger partial charge < -0.3 is 20.9 Å². The van der Waals surface area contributed by atoms with Gasteiger partial charge in [-0.2, -0.15) is 0 Å². The normalized spacial score (nSPS) is 22.0. The first-order valence-electron chi connectivity index (χ1n) is 12.9. The summed E-state index contributed by atoms with van der Waals surface area (Å²) in [6, 6.07) is 20.8. The molecule has 0 aromatic heterocycles. The number of amides is 2. The van der Waals surface area contributed by atoms with Crippen LogP contribution in [-0.4, -0.2) is 24.1 Å². The lowest BCUT2D eigenvalue weighted by atomic mass is 9.63. The maximum atomic E-state index is 14.1. The summed E-state index contributed by atoms with van der Waals surface area (Å²) in [6.45, 7) is 0. The van der Waals surface area contributed by atoms with Crippen molar-refractivity contribution >= 4 is 35.1 Å². The SMILES string of the molecule is N=Cc1cc(N2C(=O)C3(CCC3)[C@H](NC(=O)C3CC3)[C@H]2c2ccccc2)ccc1Nc1ccc(F)cc1. The van der Waals surface area contributed by atoms with E-state index in [1.165, 1.54) is 18.3 Å². The van der Waals surface area contributed by atoms with E-state index in [0.717, 1.165) is 37.7 Å². The third kappa shape index (κ3) is 4.08. The van der Waals surface area contributed by atoms with Gasteiger partial charge in [0.05, 0.1) is 17.5 Å². The quantitative estimate of drug-likeness (QED) is 0.366. The monoisotopic (exact) mass is 496 g/mol. The minimum atomic E-state index is -0.610. The molecule has 3 fully saturated rings. The van der Waals surface area contributed by atoms with Crippen molar-refractivity contribution < 1.29 is 14.0 Å². The number of carbonyl (C=O) groups is 2. The number of benzene rings is 3. The Hall–Kier alpha value is -4.00. The molecule has 1 heterocycles. The van der Waals surface area contributed by atoms with Crippen LogP contribution < -0.4 is 15.5 Å². The van der Waals surface area contributed by atoms with Crippen LogP contribution in [-0.2, 0) is 9.59 Å². The molecule has 2 atom stereocenters. The first kappa shape index (κ1) is 23.4. The van der Waals surface area contributed by atoms with Crippen molar-refractivity contribution in [3.05, 3.63) is 89.7 Å². The molecule has 6 rings (SSSR count). The highest BCUT2D eigenvalue weighted by atomic mass is 19.1. The minimum Gasteiger partial charge on any atom is -0.355 e. The van der Waals surface area contributed by atoms with Gasteiger partial charge in [-0.25, -0.2) is 4.39 Å². The molecule has 6 nitrogen and oxygen atoms in total. The molecule has 2 saturated carbocycles. The Morgan fingerprint density at radius 2 is 1.76 bits per heavy atom. The van der Waals surface area contributed by atoms with Crippen molar-refractivity contribution in [2.24, 2.45) is 11.3 Å². The molecular formula is C30H29FN4O2. The number of hydrogen-bond acceptors (Lipinski definition) is 4. The summed E-state index contributed by atoms with van der Waals surface area (Å²) in [7, 11) is 0. The lowest BCUT2D eigenvalue weighted by Gasteiger charge is -2.41. The molecule has 3 aliphatic rings. The second-order valence-electron chi connectivity index (χ2n) is 10.3. The fourth-order valence-corrected chi connectivity index (χ4v) is 5.76. The Morgan fingerprint density at radius 3 is 2.38 bits per heavy atom. The van der Waals surface area contributed by atoms with E-state index in [-0.39, 0.29) is 35.6 Å². The van der Waals surface area contributed by atoms with E-state index in [0.29, 0.717) is 22.6 Å². The Balaban J connectivity index is 1.40. The van der Waals surface area contributed by atoms with Crippen LogP contribution in [0.5, 0.6) is 0 Å². The van der Waals surface area contributed by atoms with E-state index in [2.05, 4.69) is 10.6 Å². The van der Waals surface area contributed by atoms with Crippen LogP contribution in [0, 0.1) is 22.6 Å². The predicted molar refractivity (Wildman–Crippen MR) is 142 cm³/mol. The van der Waals surface area contributed by atoms with Crippen molar-refractivity contribution in [2.45, 2.75) is 44.2 Å². The maximum absolute atomic E-state index is 14.1. The zero-order valence-electron chi connectivity index (χ0n) is 20.4. The zero-order valence-corrected chi connectivity index (χ0v) is 20.4. The van der Waals surface area contributed by atoms with E-state index in [4.69, 9.17) is 5.41 Å². The summed E-state index contributed by atoms with van der Waals surface area (Å²) in [5, 5.41) is 14.6. The summed E-state index contributed by atoms with van der Waals surface area (Å²) in [5.74, 6) is -0.185. The predicted octanol–water partition coefficient (Wildman–Crippen LogP) is 5.72. The summed E-state index contributed by atoms with van der Waals surface area (Å²) in [6.07, 6.45) is 5.53. The molecule has 3 aromatic carbocycles. The first-order chi connectivity index (χ1) is 18.0. The van der Waals surface area contributed by atoms with Gasteiger partial charge in [0.25, 0.3) is 0 Å². The van der Waals surface area contributed by atoms with Gasteiger partial charge in [0.2, 0.25) is 11.8 Å². The van der Waals surface area contributed by atoms with Crippen molar-refractivity contribution in [3.63, 3.8) is 0 Å². The summed E-state index contributed by atoms with van der Waals surface area (Å²) >= 11 is 0. The lowest BCUT2D eigenvalue weighted by molar-refractivity contribution is -0.132. The molecule has 3 aromatic rings. The standard InChI is InChI=1S/C30H29FN4O2/c31-22-9-11-23(12-10-22)33-25-14-13-24(17-21(25)18-32)35-26(19-5-2-1-3-6-19)27(34-28(36)20-7-8-20)30(29(35)37)15-4-16-30/h1-3,5-6,9-14,17-18,20,26-27,32-33H,4,7-8,15-16H2,(H,34,36)/t26-,27-/m1/s1. The van der Waals surface area contributed by atoms with Crippen LogP contribution in [0.25, 0.3) is 0 Å². The summed E-state index contributed by atoms with van der Waals surface area (Å²) in [5.41, 5.74) is 3.05. The highest BCUT2D eigenvalue weighted by Gasteiger charge is 2.63. The Labute approximate surface area is 215 Å². The number of carbonyl (C=O) groups excluding carboxylic acids is 2. The highest BCUT2D eigenvalue weighted by molar-refractivity contribution is 6.04. The van der Waals surface area contributed by atoms with Crippen LogP contribution >= 0.6 is 0 Å². The Kier molecular flexibility index (Phi) is 5.78. The van der Waals surface area contributed by atoms with Crippen molar-refractivity contribution in [1.29, 1.82) is 5.41 Å². The van der Waals surface area contributed by atoms with Crippen molar-refractivity contribution in [3.8, 4) is 0 Å². The molecular weight excluding hydrogens is 467 g/mol. The van der Waals surface area contributed by atoms with E-state index in [1.807, 2.05) is 53.4 Å². The van der Waals surface area contributed by atoms with Gasteiger partial charge >= 0.3 is 0 Å².